The third-order valence-corrected chi connectivity index (χ3v) is 3.04. The number of H-pyrrole nitrogens is 1. The number of nitrogens with zero attached hydrogens (tertiary/aromatic N) is 1. The lowest BCUT2D eigenvalue weighted by molar-refractivity contribution is 0.0705. The van der Waals surface area contributed by atoms with Crippen LogP contribution in [-0.2, 0) is 4.74 Å². The first-order chi connectivity index (χ1) is 9.13. The van der Waals surface area contributed by atoms with Crippen LogP contribution in [0, 0.1) is 0 Å². The third-order valence-electron chi connectivity index (χ3n) is 3.04. The second kappa shape index (κ2) is 5.75. The second-order valence-electron chi connectivity index (χ2n) is 4.42. The lowest BCUT2D eigenvalue weighted by atomic mass is 10.2. The summed E-state index contributed by atoms with van der Waals surface area (Å²) in [5.41, 5.74) is 7.87. The SMILES string of the molecule is CCOCCN(C)C(=O)c1cc2cccc(N)c2[nH]1. The zero-order valence-corrected chi connectivity index (χ0v) is 11.3. The number of aromatic amines is 1. The van der Waals surface area contributed by atoms with Crippen LogP contribution >= 0.6 is 0 Å². The van der Waals surface area contributed by atoms with Crippen molar-refractivity contribution < 1.29 is 9.53 Å². The Morgan fingerprint density at radius 2 is 2.26 bits per heavy atom. The van der Waals surface area contributed by atoms with Gasteiger partial charge in [-0.25, -0.2) is 0 Å². The highest BCUT2D eigenvalue weighted by Crippen LogP contribution is 2.21. The number of nitrogens with two attached hydrogens (primary N) is 1. The van der Waals surface area contributed by atoms with Gasteiger partial charge in [-0.2, -0.15) is 0 Å². The fourth-order valence-electron chi connectivity index (χ4n) is 1.95. The molecule has 0 atom stereocenters. The topological polar surface area (TPSA) is 71.3 Å². The Morgan fingerprint density at radius 3 is 2.95 bits per heavy atom. The summed E-state index contributed by atoms with van der Waals surface area (Å²) in [4.78, 5) is 16.9. The summed E-state index contributed by atoms with van der Waals surface area (Å²) in [5.74, 6) is -0.0599. The van der Waals surface area contributed by atoms with Crippen molar-refractivity contribution in [2.75, 3.05) is 32.5 Å². The number of para-hydroxylation sites is 1. The Morgan fingerprint density at radius 1 is 1.47 bits per heavy atom. The molecule has 0 spiro atoms. The van der Waals surface area contributed by atoms with E-state index in [0.717, 1.165) is 10.9 Å². The van der Waals surface area contributed by atoms with Crippen LogP contribution < -0.4 is 5.73 Å². The maximum atomic E-state index is 12.2. The van der Waals surface area contributed by atoms with E-state index >= 15 is 0 Å². The summed E-state index contributed by atoms with van der Waals surface area (Å²) in [7, 11) is 1.76. The fourth-order valence-corrected chi connectivity index (χ4v) is 1.95. The summed E-state index contributed by atoms with van der Waals surface area (Å²) in [6.07, 6.45) is 0. The number of aromatic nitrogens is 1. The Kier molecular flexibility index (Phi) is 4.06. The van der Waals surface area contributed by atoms with Crippen LogP contribution in [0.25, 0.3) is 10.9 Å². The van der Waals surface area contributed by atoms with Gasteiger partial charge < -0.3 is 20.4 Å². The van der Waals surface area contributed by atoms with Crippen molar-refractivity contribution in [1.29, 1.82) is 0 Å². The van der Waals surface area contributed by atoms with Gasteiger partial charge in [-0.3, -0.25) is 4.79 Å². The maximum Gasteiger partial charge on any atom is 0.270 e. The first-order valence-corrected chi connectivity index (χ1v) is 6.34. The van der Waals surface area contributed by atoms with Crippen LogP contribution in [-0.4, -0.2) is 42.6 Å². The molecule has 102 valence electrons. The van der Waals surface area contributed by atoms with Crippen molar-refractivity contribution >= 4 is 22.5 Å². The molecule has 3 N–H and O–H groups in total. The number of hydrogen-bond donors (Lipinski definition) is 2. The number of fused-ring (bicyclic) bond motifs is 1. The molecule has 19 heavy (non-hydrogen) atoms. The molecule has 0 aliphatic heterocycles. The minimum Gasteiger partial charge on any atom is -0.397 e. The monoisotopic (exact) mass is 261 g/mol. The smallest absolute Gasteiger partial charge is 0.270 e. The van der Waals surface area contributed by atoms with Crippen LogP contribution in [0.15, 0.2) is 24.3 Å². The van der Waals surface area contributed by atoms with Gasteiger partial charge in [-0.05, 0) is 19.1 Å². The minimum atomic E-state index is -0.0599. The van der Waals surface area contributed by atoms with Crippen molar-refractivity contribution in [1.82, 2.24) is 9.88 Å². The first-order valence-electron chi connectivity index (χ1n) is 6.34. The van der Waals surface area contributed by atoms with Gasteiger partial charge in [-0.1, -0.05) is 12.1 Å². The molecular formula is C14H19N3O2. The minimum absolute atomic E-state index is 0.0599. The number of hydrogen-bond acceptors (Lipinski definition) is 3. The first kappa shape index (κ1) is 13.4. The normalized spacial score (nSPS) is 10.8. The Balaban J connectivity index is 2.15. The van der Waals surface area contributed by atoms with Crippen molar-refractivity contribution in [3.05, 3.63) is 30.0 Å². The van der Waals surface area contributed by atoms with Gasteiger partial charge in [0.05, 0.1) is 17.8 Å². The number of nitrogens with one attached hydrogen (secondary N) is 1. The van der Waals surface area contributed by atoms with Gasteiger partial charge in [0, 0.05) is 25.6 Å². The van der Waals surface area contributed by atoms with Crippen LogP contribution in [0.4, 0.5) is 5.69 Å². The van der Waals surface area contributed by atoms with Crippen LogP contribution in [0.2, 0.25) is 0 Å². The van der Waals surface area contributed by atoms with E-state index in [1.54, 1.807) is 11.9 Å². The zero-order chi connectivity index (χ0) is 13.8. The van der Waals surface area contributed by atoms with Gasteiger partial charge in [0.1, 0.15) is 5.69 Å². The average molecular weight is 261 g/mol. The van der Waals surface area contributed by atoms with E-state index in [1.165, 1.54) is 0 Å². The molecule has 1 heterocycles. The number of nitrogen functional groups attached to an aromatic ring is 1. The van der Waals surface area contributed by atoms with Crippen molar-refractivity contribution in [2.24, 2.45) is 0 Å². The number of ether oxygens (including phenoxy) is 1. The third kappa shape index (κ3) is 2.88. The summed E-state index contributed by atoms with van der Waals surface area (Å²) in [5, 5.41) is 0.946. The highest BCUT2D eigenvalue weighted by atomic mass is 16.5. The number of likely N-dealkylation sites (N-methyl/N-ethyl adjacent to an activating group) is 1. The van der Waals surface area contributed by atoms with E-state index in [1.807, 2.05) is 31.2 Å². The van der Waals surface area contributed by atoms with Gasteiger partial charge >= 0.3 is 0 Å². The quantitative estimate of drug-likeness (QED) is 0.637. The predicted octanol–water partition coefficient (Wildman–Crippen LogP) is 1.86. The van der Waals surface area contributed by atoms with Gasteiger partial charge in [0.2, 0.25) is 0 Å². The van der Waals surface area contributed by atoms with Crippen molar-refractivity contribution in [2.45, 2.75) is 6.92 Å². The van der Waals surface area contributed by atoms with Gasteiger partial charge in [0.15, 0.2) is 0 Å². The van der Waals surface area contributed by atoms with Crippen molar-refractivity contribution in [3.8, 4) is 0 Å². The molecule has 2 aromatic rings. The molecule has 2 rings (SSSR count). The largest absolute Gasteiger partial charge is 0.397 e. The lowest BCUT2D eigenvalue weighted by Gasteiger charge is -2.15. The van der Waals surface area contributed by atoms with Crippen LogP contribution in [0.5, 0.6) is 0 Å². The van der Waals surface area contributed by atoms with Crippen molar-refractivity contribution in [3.63, 3.8) is 0 Å². The molecule has 0 aliphatic rings. The summed E-state index contributed by atoms with van der Waals surface area (Å²) in [6.45, 7) is 3.70. The molecule has 0 fully saturated rings. The Bertz CT molecular complexity index is 577. The molecule has 1 aromatic carbocycles. The molecule has 0 aliphatic carbocycles. The molecule has 5 nitrogen and oxygen atoms in total. The lowest BCUT2D eigenvalue weighted by Crippen LogP contribution is -2.30. The number of anilines is 1. The molecule has 0 bridgehead atoms. The molecule has 0 unspecified atom stereocenters. The van der Waals surface area contributed by atoms with Crippen LogP contribution in [0.1, 0.15) is 17.4 Å². The highest BCUT2D eigenvalue weighted by Gasteiger charge is 2.14. The number of carbonyl (C=O) groups excluding carboxylic acids is 1. The number of carbonyl (C=O) groups is 1. The summed E-state index contributed by atoms with van der Waals surface area (Å²) in [6, 6.07) is 7.44. The predicted molar refractivity (Wildman–Crippen MR) is 76.2 cm³/mol. The highest BCUT2D eigenvalue weighted by molar-refractivity contribution is 6.00. The standard InChI is InChI=1S/C14H19N3O2/c1-3-19-8-7-17(2)14(18)12-9-10-5-4-6-11(15)13(10)16-12/h4-6,9,16H,3,7-8,15H2,1-2H3. The second-order valence-corrected chi connectivity index (χ2v) is 4.42. The van der Waals surface area contributed by atoms with E-state index in [0.29, 0.717) is 31.1 Å². The molecule has 0 saturated heterocycles. The van der Waals surface area contributed by atoms with E-state index < -0.39 is 0 Å². The zero-order valence-electron chi connectivity index (χ0n) is 11.3. The number of benzene rings is 1. The molecule has 1 amide bonds. The van der Waals surface area contributed by atoms with E-state index in [2.05, 4.69) is 4.98 Å². The Labute approximate surface area is 112 Å². The molecule has 0 saturated carbocycles. The average Bonchev–Trinajstić information content (AvgIpc) is 2.83. The molecule has 5 heteroatoms. The number of rotatable bonds is 5. The van der Waals surface area contributed by atoms with Gasteiger partial charge in [0.25, 0.3) is 5.91 Å². The maximum absolute atomic E-state index is 12.2. The van der Waals surface area contributed by atoms with Crippen LogP contribution in [0.3, 0.4) is 0 Å². The Hall–Kier alpha value is -2.01. The van der Waals surface area contributed by atoms with E-state index in [4.69, 9.17) is 10.5 Å². The fraction of sp³-hybridized carbons (Fsp3) is 0.357. The molecular weight excluding hydrogens is 242 g/mol. The van der Waals surface area contributed by atoms with Gasteiger partial charge in [-0.15, -0.1) is 0 Å². The summed E-state index contributed by atoms with van der Waals surface area (Å²) < 4.78 is 5.24. The summed E-state index contributed by atoms with van der Waals surface area (Å²) >= 11 is 0. The van der Waals surface area contributed by atoms with E-state index in [-0.39, 0.29) is 5.91 Å². The molecule has 1 aromatic heterocycles. The van der Waals surface area contributed by atoms with E-state index in [9.17, 15) is 4.79 Å². The molecule has 0 radical (unpaired) electrons. The number of amides is 1.